The van der Waals surface area contributed by atoms with E-state index in [1.54, 1.807) is 6.07 Å². The Morgan fingerprint density at radius 2 is 2.22 bits per heavy atom. The third kappa shape index (κ3) is 2.70. The van der Waals surface area contributed by atoms with Crippen LogP contribution in [-0.4, -0.2) is 16.1 Å². The van der Waals surface area contributed by atoms with Gasteiger partial charge in [0.05, 0.1) is 12.5 Å². The largest absolute Gasteiger partial charge is 0.296 e. The predicted octanol–water partition coefficient (Wildman–Crippen LogP) is 2.16. The van der Waals surface area contributed by atoms with Crippen LogP contribution in [-0.2, 0) is 6.42 Å². The fourth-order valence-corrected chi connectivity index (χ4v) is 2.10. The maximum atomic E-state index is 12.0. The highest BCUT2D eigenvalue weighted by atomic mass is 32.1. The monoisotopic (exact) mass is 258 g/mol. The highest BCUT2D eigenvalue weighted by Crippen LogP contribution is 2.17. The molecule has 1 N–H and O–H groups in total. The normalized spacial score (nSPS) is 9.78. The molecule has 0 atom stereocenters. The van der Waals surface area contributed by atoms with E-state index in [1.165, 1.54) is 11.3 Å². The Morgan fingerprint density at radius 1 is 1.44 bits per heavy atom. The summed E-state index contributed by atoms with van der Waals surface area (Å²) in [5, 5.41) is 19.8. The number of hydrogen-bond donors (Lipinski definition) is 1. The minimum atomic E-state index is -0.215. The molecule has 2 aromatic rings. The fraction of sp³-hybridized carbons (Fsp3) is 0.167. The molecule has 2 rings (SSSR count). The lowest BCUT2D eigenvalue weighted by molar-refractivity contribution is 0.102. The van der Waals surface area contributed by atoms with E-state index in [0.717, 1.165) is 5.56 Å². The summed E-state index contributed by atoms with van der Waals surface area (Å²) in [5.74, 6) is -0.215. The van der Waals surface area contributed by atoms with E-state index in [1.807, 2.05) is 31.2 Å². The minimum absolute atomic E-state index is 0.206. The standard InChI is InChI=1S/C12H10N4OS/c1-8-4-2-3-5-9(8)11(17)14-12-16-15-10(18-12)6-7-13/h2-5H,6H2,1H3,(H,14,16,17). The molecule has 0 aliphatic rings. The molecule has 1 heterocycles. The van der Waals surface area contributed by atoms with E-state index in [9.17, 15) is 4.79 Å². The quantitative estimate of drug-likeness (QED) is 0.915. The van der Waals surface area contributed by atoms with Crippen molar-refractivity contribution < 1.29 is 4.79 Å². The van der Waals surface area contributed by atoms with Gasteiger partial charge in [0.2, 0.25) is 5.13 Å². The van der Waals surface area contributed by atoms with Crippen LogP contribution in [0, 0.1) is 18.3 Å². The molecule has 0 bridgehead atoms. The fourth-order valence-electron chi connectivity index (χ4n) is 1.44. The smallest absolute Gasteiger partial charge is 0.257 e. The summed E-state index contributed by atoms with van der Waals surface area (Å²) >= 11 is 1.21. The summed E-state index contributed by atoms with van der Waals surface area (Å²) < 4.78 is 0. The van der Waals surface area contributed by atoms with Crippen LogP contribution in [0.2, 0.25) is 0 Å². The van der Waals surface area contributed by atoms with Crippen molar-refractivity contribution in [3.05, 3.63) is 40.4 Å². The molecule has 0 fully saturated rings. The average Bonchev–Trinajstić information content (AvgIpc) is 2.77. The molecular formula is C12H10N4OS. The van der Waals surface area contributed by atoms with Crippen LogP contribution < -0.4 is 5.32 Å². The van der Waals surface area contributed by atoms with Gasteiger partial charge < -0.3 is 0 Å². The van der Waals surface area contributed by atoms with Crippen LogP contribution in [0.3, 0.4) is 0 Å². The van der Waals surface area contributed by atoms with E-state index in [0.29, 0.717) is 15.7 Å². The van der Waals surface area contributed by atoms with Crippen molar-refractivity contribution in [1.29, 1.82) is 5.26 Å². The lowest BCUT2D eigenvalue weighted by Gasteiger charge is -2.03. The zero-order valence-electron chi connectivity index (χ0n) is 9.67. The Balaban J connectivity index is 2.12. The summed E-state index contributed by atoms with van der Waals surface area (Å²) in [4.78, 5) is 12.0. The number of carbonyl (C=O) groups excluding carboxylic acids is 1. The molecule has 1 aromatic carbocycles. The van der Waals surface area contributed by atoms with Crippen LogP contribution in [0.25, 0.3) is 0 Å². The van der Waals surface area contributed by atoms with E-state index in [-0.39, 0.29) is 12.3 Å². The summed E-state index contributed by atoms with van der Waals surface area (Å²) in [5.41, 5.74) is 1.51. The van der Waals surface area contributed by atoms with Gasteiger partial charge in [-0.1, -0.05) is 29.5 Å². The number of hydrogen-bond acceptors (Lipinski definition) is 5. The first-order valence-corrected chi connectivity index (χ1v) is 6.08. The Bertz CT molecular complexity index is 615. The number of nitrogens with one attached hydrogen (secondary N) is 1. The molecule has 5 nitrogen and oxygen atoms in total. The summed E-state index contributed by atoms with van der Waals surface area (Å²) in [6.45, 7) is 1.87. The van der Waals surface area contributed by atoms with Crippen molar-refractivity contribution >= 4 is 22.4 Å². The average molecular weight is 258 g/mol. The van der Waals surface area contributed by atoms with Crippen molar-refractivity contribution in [2.45, 2.75) is 13.3 Å². The SMILES string of the molecule is Cc1ccccc1C(=O)Nc1nnc(CC#N)s1. The third-order valence-electron chi connectivity index (χ3n) is 2.31. The number of nitriles is 1. The summed E-state index contributed by atoms with van der Waals surface area (Å²) in [6, 6.07) is 9.30. The summed E-state index contributed by atoms with van der Waals surface area (Å²) in [6.07, 6.45) is 0.206. The number of rotatable bonds is 3. The van der Waals surface area contributed by atoms with Gasteiger partial charge in [0.25, 0.3) is 5.91 Å². The number of carbonyl (C=O) groups is 1. The molecule has 0 saturated carbocycles. The van der Waals surface area contributed by atoms with Gasteiger partial charge in [-0.15, -0.1) is 10.2 Å². The zero-order valence-corrected chi connectivity index (χ0v) is 10.5. The van der Waals surface area contributed by atoms with Gasteiger partial charge in [0.1, 0.15) is 5.01 Å². The third-order valence-corrected chi connectivity index (χ3v) is 3.15. The van der Waals surface area contributed by atoms with Crippen molar-refractivity contribution in [2.75, 3.05) is 5.32 Å². The Labute approximate surface area is 108 Å². The van der Waals surface area contributed by atoms with Crippen LogP contribution in [0.15, 0.2) is 24.3 Å². The Hall–Kier alpha value is -2.26. The number of amides is 1. The lowest BCUT2D eigenvalue weighted by Crippen LogP contribution is -2.12. The molecule has 90 valence electrons. The van der Waals surface area contributed by atoms with Crippen molar-refractivity contribution in [3.8, 4) is 6.07 Å². The first-order chi connectivity index (χ1) is 8.70. The van der Waals surface area contributed by atoms with Gasteiger partial charge in [-0.2, -0.15) is 5.26 Å². The van der Waals surface area contributed by atoms with Crippen LogP contribution in [0.4, 0.5) is 5.13 Å². The summed E-state index contributed by atoms with van der Waals surface area (Å²) in [7, 11) is 0. The van der Waals surface area contributed by atoms with Crippen molar-refractivity contribution in [2.24, 2.45) is 0 Å². The van der Waals surface area contributed by atoms with E-state index < -0.39 is 0 Å². The first kappa shape index (κ1) is 12.2. The number of anilines is 1. The van der Waals surface area contributed by atoms with Gasteiger partial charge >= 0.3 is 0 Å². The highest BCUT2D eigenvalue weighted by molar-refractivity contribution is 7.15. The molecule has 0 aliphatic heterocycles. The predicted molar refractivity (Wildman–Crippen MR) is 68.4 cm³/mol. The molecule has 0 radical (unpaired) electrons. The van der Waals surface area contributed by atoms with E-state index in [4.69, 9.17) is 5.26 Å². The molecule has 0 spiro atoms. The Morgan fingerprint density at radius 3 is 2.94 bits per heavy atom. The second-order valence-corrected chi connectivity index (χ2v) is 4.67. The topological polar surface area (TPSA) is 78.7 Å². The van der Waals surface area contributed by atoms with Crippen LogP contribution >= 0.6 is 11.3 Å². The van der Waals surface area contributed by atoms with Crippen molar-refractivity contribution in [3.63, 3.8) is 0 Å². The number of nitrogens with zero attached hydrogens (tertiary/aromatic N) is 3. The van der Waals surface area contributed by atoms with Gasteiger partial charge in [0, 0.05) is 5.56 Å². The first-order valence-electron chi connectivity index (χ1n) is 5.27. The molecule has 0 saturated heterocycles. The molecule has 0 aliphatic carbocycles. The number of aromatic nitrogens is 2. The molecular weight excluding hydrogens is 248 g/mol. The Kier molecular flexibility index (Phi) is 3.65. The van der Waals surface area contributed by atoms with Crippen LogP contribution in [0.1, 0.15) is 20.9 Å². The number of benzene rings is 1. The molecule has 1 aromatic heterocycles. The zero-order chi connectivity index (χ0) is 13.0. The molecule has 1 amide bonds. The van der Waals surface area contributed by atoms with Gasteiger partial charge in [-0.3, -0.25) is 10.1 Å². The van der Waals surface area contributed by atoms with Gasteiger partial charge in [-0.25, -0.2) is 0 Å². The molecule has 18 heavy (non-hydrogen) atoms. The van der Waals surface area contributed by atoms with Crippen LogP contribution in [0.5, 0.6) is 0 Å². The van der Waals surface area contributed by atoms with E-state index >= 15 is 0 Å². The molecule has 6 heteroatoms. The molecule has 0 unspecified atom stereocenters. The highest BCUT2D eigenvalue weighted by Gasteiger charge is 2.11. The van der Waals surface area contributed by atoms with Gasteiger partial charge in [-0.05, 0) is 18.6 Å². The van der Waals surface area contributed by atoms with Crippen molar-refractivity contribution in [1.82, 2.24) is 10.2 Å². The van der Waals surface area contributed by atoms with E-state index in [2.05, 4.69) is 15.5 Å². The second kappa shape index (κ2) is 5.38. The number of aryl methyl sites for hydroxylation is 1. The minimum Gasteiger partial charge on any atom is -0.296 e. The maximum absolute atomic E-state index is 12.0. The second-order valence-electron chi connectivity index (χ2n) is 3.60. The lowest BCUT2D eigenvalue weighted by atomic mass is 10.1. The maximum Gasteiger partial charge on any atom is 0.257 e. The van der Waals surface area contributed by atoms with Gasteiger partial charge in [0.15, 0.2) is 0 Å².